The van der Waals surface area contributed by atoms with Gasteiger partial charge in [-0.15, -0.1) is 11.3 Å². The van der Waals surface area contributed by atoms with Crippen LogP contribution in [0, 0.1) is 0 Å². The zero-order chi connectivity index (χ0) is 14.8. The first-order valence-electron chi connectivity index (χ1n) is 7.00. The Bertz CT molecular complexity index is 623. The minimum Gasteiger partial charge on any atom is -0.396 e. The molecule has 1 unspecified atom stereocenters. The lowest BCUT2D eigenvalue weighted by Crippen LogP contribution is -2.28. The number of rotatable bonds is 4. The summed E-state index contributed by atoms with van der Waals surface area (Å²) < 4.78 is 1.82. The number of likely N-dealkylation sites (tertiary alicyclic amines) is 1. The Labute approximate surface area is 127 Å². The van der Waals surface area contributed by atoms with Gasteiger partial charge in [0.15, 0.2) is 0 Å². The molecule has 6 nitrogen and oxygen atoms in total. The van der Waals surface area contributed by atoms with E-state index in [1.165, 1.54) is 11.3 Å². The Balaban J connectivity index is 1.69. The van der Waals surface area contributed by atoms with E-state index in [0.29, 0.717) is 18.7 Å². The molecule has 0 spiro atoms. The SMILES string of the molecule is Cn1nc(C2CCN(C(=O)c3cscn3)C2)cc1CCO. The van der Waals surface area contributed by atoms with Crippen molar-refractivity contribution in [1.82, 2.24) is 19.7 Å². The van der Waals surface area contributed by atoms with Crippen LogP contribution in [0.25, 0.3) is 0 Å². The summed E-state index contributed by atoms with van der Waals surface area (Å²) >= 11 is 1.44. The Morgan fingerprint density at radius 2 is 2.43 bits per heavy atom. The van der Waals surface area contributed by atoms with Gasteiger partial charge in [-0.3, -0.25) is 9.48 Å². The smallest absolute Gasteiger partial charge is 0.273 e. The summed E-state index contributed by atoms with van der Waals surface area (Å²) in [6.45, 7) is 1.55. The van der Waals surface area contributed by atoms with Crippen molar-refractivity contribution in [2.45, 2.75) is 18.8 Å². The minimum absolute atomic E-state index is 0.00487. The molecule has 112 valence electrons. The van der Waals surface area contributed by atoms with Crippen molar-refractivity contribution in [3.8, 4) is 0 Å². The van der Waals surface area contributed by atoms with Gasteiger partial charge in [-0.05, 0) is 12.5 Å². The Kier molecular flexibility index (Phi) is 4.03. The molecule has 1 atom stereocenters. The number of hydrogen-bond acceptors (Lipinski definition) is 5. The normalized spacial score (nSPS) is 18.4. The van der Waals surface area contributed by atoms with Gasteiger partial charge in [0.05, 0.1) is 11.2 Å². The topological polar surface area (TPSA) is 71.2 Å². The van der Waals surface area contributed by atoms with Crippen molar-refractivity contribution in [2.75, 3.05) is 19.7 Å². The molecule has 3 heterocycles. The molecule has 0 saturated carbocycles. The average Bonchev–Trinajstić information content (AvgIpc) is 3.18. The summed E-state index contributed by atoms with van der Waals surface area (Å²) in [4.78, 5) is 18.2. The van der Waals surface area contributed by atoms with Crippen LogP contribution in [0.3, 0.4) is 0 Å². The Morgan fingerprint density at radius 3 is 3.14 bits per heavy atom. The van der Waals surface area contributed by atoms with Crippen LogP contribution in [-0.4, -0.2) is 50.4 Å². The third-order valence-corrected chi connectivity index (χ3v) is 4.50. The Hall–Kier alpha value is -1.73. The number of aryl methyl sites for hydroxylation is 1. The summed E-state index contributed by atoms with van der Waals surface area (Å²) in [5.41, 5.74) is 4.25. The van der Waals surface area contributed by atoms with E-state index in [1.807, 2.05) is 22.7 Å². The zero-order valence-corrected chi connectivity index (χ0v) is 12.7. The van der Waals surface area contributed by atoms with Gasteiger partial charge in [0, 0.05) is 50.2 Å². The number of aliphatic hydroxyl groups is 1. The molecule has 2 aromatic rings. The van der Waals surface area contributed by atoms with E-state index in [4.69, 9.17) is 5.11 Å². The molecule has 2 aromatic heterocycles. The molecule has 0 aliphatic carbocycles. The van der Waals surface area contributed by atoms with Crippen LogP contribution in [0.2, 0.25) is 0 Å². The molecule has 0 bridgehead atoms. The lowest BCUT2D eigenvalue weighted by Gasteiger charge is -2.14. The van der Waals surface area contributed by atoms with Crippen LogP contribution < -0.4 is 0 Å². The molecule has 1 aliphatic rings. The summed E-state index contributed by atoms with van der Waals surface area (Å²) in [6.07, 6.45) is 1.53. The fraction of sp³-hybridized carbons (Fsp3) is 0.500. The number of carbonyl (C=O) groups is 1. The summed E-state index contributed by atoms with van der Waals surface area (Å²) in [6, 6.07) is 2.04. The maximum absolute atomic E-state index is 12.3. The van der Waals surface area contributed by atoms with Crippen molar-refractivity contribution < 1.29 is 9.90 Å². The lowest BCUT2D eigenvalue weighted by atomic mass is 10.0. The Morgan fingerprint density at radius 1 is 1.57 bits per heavy atom. The molecule has 1 N–H and O–H groups in total. The first-order valence-corrected chi connectivity index (χ1v) is 7.94. The van der Waals surface area contributed by atoms with E-state index in [2.05, 4.69) is 10.1 Å². The molecule has 7 heteroatoms. The monoisotopic (exact) mass is 306 g/mol. The van der Waals surface area contributed by atoms with Crippen molar-refractivity contribution in [1.29, 1.82) is 0 Å². The number of aliphatic hydroxyl groups excluding tert-OH is 1. The molecular formula is C14H18N4O2S. The van der Waals surface area contributed by atoms with Gasteiger partial charge in [0.1, 0.15) is 5.69 Å². The van der Waals surface area contributed by atoms with E-state index in [-0.39, 0.29) is 18.4 Å². The van der Waals surface area contributed by atoms with Gasteiger partial charge < -0.3 is 10.0 Å². The second kappa shape index (κ2) is 5.95. The summed E-state index contributed by atoms with van der Waals surface area (Å²) in [5.74, 6) is 0.275. The number of aromatic nitrogens is 3. The number of nitrogens with zero attached hydrogens (tertiary/aromatic N) is 4. The molecule has 0 aromatic carbocycles. The number of thiazole rings is 1. The maximum Gasteiger partial charge on any atom is 0.273 e. The van der Waals surface area contributed by atoms with Crippen molar-refractivity contribution in [3.63, 3.8) is 0 Å². The molecule has 1 aliphatic heterocycles. The summed E-state index contributed by atoms with van der Waals surface area (Å²) in [7, 11) is 1.89. The third kappa shape index (κ3) is 2.84. The highest BCUT2D eigenvalue weighted by Crippen LogP contribution is 2.27. The van der Waals surface area contributed by atoms with E-state index in [9.17, 15) is 4.79 Å². The average molecular weight is 306 g/mol. The predicted molar refractivity (Wildman–Crippen MR) is 79.4 cm³/mol. The van der Waals surface area contributed by atoms with Crippen molar-refractivity contribution in [3.05, 3.63) is 34.0 Å². The van der Waals surface area contributed by atoms with E-state index >= 15 is 0 Å². The largest absolute Gasteiger partial charge is 0.396 e. The molecule has 3 rings (SSSR count). The maximum atomic E-state index is 12.3. The second-order valence-corrected chi connectivity index (χ2v) is 5.99. The molecule has 21 heavy (non-hydrogen) atoms. The predicted octanol–water partition coefficient (Wildman–Crippen LogP) is 1.04. The minimum atomic E-state index is 0.00487. The second-order valence-electron chi connectivity index (χ2n) is 5.27. The van der Waals surface area contributed by atoms with Crippen LogP contribution in [0.4, 0.5) is 0 Å². The first-order chi connectivity index (χ1) is 10.2. The summed E-state index contributed by atoms with van der Waals surface area (Å²) in [5, 5.41) is 15.3. The standard InChI is InChI=1S/C14H18N4O2S/c1-17-11(3-5-19)6-12(16-17)10-2-4-18(7-10)14(20)13-8-21-9-15-13/h6,8-10,19H,2-5,7H2,1H3. The van der Waals surface area contributed by atoms with Crippen LogP contribution in [0.1, 0.15) is 34.2 Å². The van der Waals surface area contributed by atoms with Gasteiger partial charge in [-0.2, -0.15) is 5.10 Å². The molecule has 1 amide bonds. The van der Waals surface area contributed by atoms with Gasteiger partial charge >= 0.3 is 0 Å². The first kappa shape index (κ1) is 14.2. The zero-order valence-electron chi connectivity index (χ0n) is 11.9. The quantitative estimate of drug-likeness (QED) is 0.916. The highest BCUT2D eigenvalue weighted by molar-refractivity contribution is 7.07. The van der Waals surface area contributed by atoms with Crippen LogP contribution >= 0.6 is 11.3 Å². The van der Waals surface area contributed by atoms with Gasteiger partial charge in [-0.25, -0.2) is 4.98 Å². The van der Waals surface area contributed by atoms with Crippen molar-refractivity contribution >= 4 is 17.2 Å². The molecule has 1 fully saturated rings. The fourth-order valence-electron chi connectivity index (χ4n) is 2.74. The molecule has 1 saturated heterocycles. The van der Waals surface area contributed by atoms with Gasteiger partial charge in [0.25, 0.3) is 5.91 Å². The third-order valence-electron chi connectivity index (χ3n) is 3.91. The van der Waals surface area contributed by atoms with Crippen LogP contribution in [0.15, 0.2) is 17.0 Å². The number of hydrogen-bond donors (Lipinski definition) is 1. The van der Waals surface area contributed by atoms with Crippen LogP contribution in [0.5, 0.6) is 0 Å². The number of carbonyl (C=O) groups excluding carboxylic acids is 1. The van der Waals surface area contributed by atoms with E-state index in [1.54, 1.807) is 10.9 Å². The fourth-order valence-corrected chi connectivity index (χ4v) is 3.27. The van der Waals surface area contributed by atoms with E-state index in [0.717, 1.165) is 24.4 Å². The van der Waals surface area contributed by atoms with Gasteiger partial charge in [-0.1, -0.05) is 0 Å². The van der Waals surface area contributed by atoms with E-state index < -0.39 is 0 Å². The van der Waals surface area contributed by atoms with Crippen molar-refractivity contribution in [2.24, 2.45) is 7.05 Å². The molecular weight excluding hydrogens is 288 g/mol. The highest BCUT2D eigenvalue weighted by atomic mass is 32.1. The number of amides is 1. The van der Waals surface area contributed by atoms with Crippen LogP contribution in [-0.2, 0) is 13.5 Å². The van der Waals surface area contributed by atoms with Gasteiger partial charge in [0.2, 0.25) is 0 Å². The lowest BCUT2D eigenvalue weighted by molar-refractivity contribution is 0.0785. The highest BCUT2D eigenvalue weighted by Gasteiger charge is 2.30. The molecule has 0 radical (unpaired) electrons.